The van der Waals surface area contributed by atoms with E-state index >= 15 is 0 Å². The summed E-state index contributed by atoms with van der Waals surface area (Å²) in [6, 6.07) is 0. The van der Waals surface area contributed by atoms with E-state index in [9.17, 15) is 0 Å². The molecule has 0 amide bonds. The van der Waals surface area contributed by atoms with Gasteiger partial charge < -0.3 is 1.43 Å². The molecule has 0 aromatic carbocycles. The molecular formula is C6H15Ga-. The van der Waals surface area contributed by atoms with Gasteiger partial charge in [-0.2, -0.15) is 0 Å². The van der Waals surface area contributed by atoms with Gasteiger partial charge in [0.05, 0.1) is 0 Å². The Labute approximate surface area is 56.0 Å². The van der Waals surface area contributed by atoms with Crippen LogP contribution in [0.3, 0.4) is 0 Å². The standard InChI is InChI=1S/2C3H7.Ga.H/c2*1-3-2;;/h2*1,3H2,2H3;;/q;;;-1. The molecule has 1 radical (unpaired) electrons. The molecule has 0 fully saturated rings. The minimum atomic E-state index is 0. The van der Waals surface area contributed by atoms with Crippen LogP contribution in [0.1, 0.15) is 28.1 Å². The number of hydrogen-bond acceptors (Lipinski definition) is 0. The van der Waals surface area contributed by atoms with E-state index in [1.54, 1.807) is 9.95 Å². The first-order valence-corrected chi connectivity index (χ1v) is 6.66. The Kier molecular flexibility index (Phi) is 7.24. The molecule has 0 aliphatic carbocycles. The second-order valence-corrected chi connectivity index (χ2v) is 5.50. The molecule has 0 N–H and O–H groups in total. The van der Waals surface area contributed by atoms with Gasteiger partial charge in [0.15, 0.2) is 0 Å². The van der Waals surface area contributed by atoms with Crippen LogP contribution in [0, 0.1) is 0 Å². The van der Waals surface area contributed by atoms with Crippen LogP contribution in [0.4, 0.5) is 0 Å². The predicted molar refractivity (Wildman–Crippen MR) is 37.1 cm³/mol. The second-order valence-electron chi connectivity index (χ2n) is 1.87. The molecule has 0 nitrogen and oxygen atoms in total. The summed E-state index contributed by atoms with van der Waals surface area (Å²) in [4.78, 5) is 3.16. The molecule has 7 heavy (non-hydrogen) atoms. The van der Waals surface area contributed by atoms with Crippen molar-refractivity contribution in [3.05, 3.63) is 0 Å². The molecule has 0 bridgehead atoms. The van der Waals surface area contributed by atoms with Crippen LogP contribution in [-0.4, -0.2) is 17.4 Å². The topological polar surface area (TPSA) is 0 Å². The second kappa shape index (κ2) is 6.64. The Morgan fingerprint density at radius 1 is 1.14 bits per heavy atom. The fourth-order valence-electron chi connectivity index (χ4n) is 0.553. The SMILES string of the molecule is CC[CH2][Ga][CH2]CC.[H-]. The molecular weight excluding hydrogens is 142 g/mol. The monoisotopic (exact) mass is 156 g/mol. The van der Waals surface area contributed by atoms with Crippen LogP contribution in [0.2, 0.25) is 9.95 Å². The molecule has 0 aromatic rings. The third-order valence-corrected chi connectivity index (χ3v) is 5.12. The van der Waals surface area contributed by atoms with E-state index in [1.165, 1.54) is 12.8 Å². The summed E-state index contributed by atoms with van der Waals surface area (Å²) in [6.45, 7) is 4.57. The van der Waals surface area contributed by atoms with Crippen molar-refractivity contribution in [1.82, 2.24) is 0 Å². The molecule has 0 aromatic heterocycles. The Morgan fingerprint density at radius 2 is 1.57 bits per heavy atom. The zero-order chi connectivity index (χ0) is 5.54. The van der Waals surface area contributed by atoms with E-state index in [0.717, 1.165) is 0 Å². The molecule has 0 heterocycles. The molecule has 0 rings (SSSR count). The average Bonchev–Trinajstić information content (AvgIpc) is 1.69. The van der Waals surface area contributed by atoms with Gasteiger partial charge in [-0.25, -0.2) is 0 Å². The van der Waals surface area contributed by atoms with Crippen molar-refractivity contribution in [2.45, 2.75) is 36.6 Å². The van der Waals surface area contributed by atoms with Gasteiger partial charge in [-0.3, -0.25) is 0 Å². The molecule has 0 atom stereocenters. The molecule has 1 heteroatoms. The van der Waals surface area contributed by atoms with Crippen molar-refractivity contribution in [2.75, 3.05) is 0 Å². The van der Waals surface area contributed by atoms with Crippen molar-refractivity contribution in [2.24, 2.45) is 0 Å². The Hall–Kier alpha value is 0.636. The molecule has 0 spiro atoms. The van der Waals surface area contributed by atoms with Gasteiger partial charge in [0, 0.05) is 0 Å². The largest absolute Gasteiger partial charge is 1.00 e. The van der Waals surface area contributed by atoms with E-state index in [1.807, 2.05) is 0 Å². The molecule has 43 valence electrons. The van der Waals surface area contributed by atoms with E-state index in [-0.39, 0.29) is 18.8 Å². The van der Waals surface area contributed by atoms with Crippen LogP contribution in [0.15, 0.2) is 0 Å². The van der Waals surface area contributed by atoms with Crippen molar-refractivity contribution in [3.8, 4) is 0 Å². The number of rotatable bonds is 4. The fourth-order valence-corrected chi connectivity index (χ4v) is 2.87. The summed E-state index contributed by atoms with van der Waals surface area (Å²) in [6.07, 6.45) is 2.86. The van der Waals surface area contributed by atoms with Gasteiger partial charge in [-0.1, -0.05) is 0 Å². The first-order valence-electron chi connectivity index (χ1n) is 3.23. The summed E-state index contributed by atoms with van der Waals surface area (Å²) in [5, 5.41) is 0. The third-order valence-electron chi connectivity index (χ3n) is 0.986. The normalized spacial score (nSPS) is 8.86. The molecule has 0 saturated carbocycles. The van der Waals surface area contributed by atoms with Gasteiger partial charge in [-0.05, 0) is 0 Å². The van der Waals surface area contributed by atoms with Crippen molar-refractivity contribution in [3.63, 3.8) is 0 Å². The Balaban J connectivity index is 0. The van der Waals surface area contributed by atoms with Crippen molar-refractivity contribution >= 4 is 17.4 Å². The first kappa shape index (κ1) is 7.64. The summed E-state index contributed by atoms with van der Waals surface area (Å²) in [5.41, 5.74) is 0. The number of hydrogen-bond donors (Lipinski definition) is 0. The van der Waals surface area contributed by atoms with Crippen LogP contribution in [0.5, 0.6) is 0 Å². The molecule has 0 aliphatic heterocycles. The maximum absolute atomic E-state index is 2.28. The smallest absolute Gasteiger partial charge is 1.00 e. The quantitative estimate of drug-likeness (QED) is 0.434. The summed E-state index contributed by atoms with van der Waals surface area (Å²) >= 11 is 0.283. The average molecular weight is 157 g/mol. The van der Waals surface area contributed by atoms with E-state index < -0.39 is 0 Å². The van der Waals surface area contributed by atoms with Gasteiger partial charge in [0.2, 0.25) is 0 Å². The van der Waals surface area contributed by atoms with Crippen molar-refractivity contribution < 1.29 is 1.43 Å². The van der Waals surface area contributed by atoms with Crippen LogP contribution in [0.25, 0.3) is 0 Å². The Bertz CT molecular complexity index is 27.7. The summed E-state index contributed by atoms with van der Waals surface area (Å²) in [5.74, 6) is 0. The predicted octanol–water partition coefficient (Wildman–Crippen LogP) is 2.46. The van der Waals surface area contributed by atoms with E-state index in [4.69, 9.17) is 0 Å². The van der Waals surface area contributed by atoms with Gasteiger partial charge in [0.25, 0.3) is 0 Å². The van der Waals surface area contributed by atoms with Gasteiger partial charge in [-0.15, -0.1) is 0 Å². The first-order chi connectivity index (χ1) is 3.41. The molecule has 0 aliphatic rings. The Morgan fingerprint density at radius 3 is 1.86 bits per heavy atom. The van der Waals surface area contributed by atoms with E-state index in [0.29, 0.717) is 0 Å². The van der Waals surface area contributed by atoms with E-state index in [2.05, 4.69) is 13.8 Å². The third kappa shape index (κ3) is 6.64. The summed E-state index contributed by atoms with van der Waals surface area (Å²) in [7, 11) is 0. The fraction of sp³-hybridized carbons (Fsp3) is 1.00. The van der Waals surface area contributed by atoms with Crippen molar-refractivity contribution in [1.29, 1.82) is 0 Å². The maximum atomic E-state index is 2.28. The maximum Gasteiger partial charge on any atom is -1.00 e. The minimum Gasteiger partial charge on any atom is -1.00 e. The van der Waals surface area contributed by atoms with Gasteiger partial charge >= 0.3 is 54.0 Å². The van der Waals surface area contributed by atoms with Crippen LogP contribution < -0.4 is 0 Å². The zero-order valence-corrected chi connectivity index (χ0v) is 7.83. The zero-order valence-electron chi connectivity index (χ0n) is 6.41. The molecule has 0 saturated heterocycles. The summed E-state index contributed by atoms with van der Waals surface area (Å²) < 4.78 is 0. The van der Waals surface area contributed by atoms with Gasteiger partial charge in [0.1, 0.15) is 0 Å². The van der Waals surface area contributed by atoms with Crippen LogP contribution >= 0.6 is 0 Å². The van der Waals surface area contributed by atoms with Crippen LogP contribution in [-0.2, 0) is 0 Å². The minimum absolute atomic E-state index is 0. The molecule has 0 unspecified atom stereocenters.